The molecule has 3 rings (SSSR count). The molecule has 6 nitrogen and oxygen atoms in total. The first-order valence-electron chi connectivity index (χ1n) is 7.56. The lowest BCUT2D eigenvalue weighted by Crippen LogP contribution is -2.32. The Morgan fingerprint density at radius 3 is 2.60 bits per heavy atom. The number of benzene rings is 1. The summed E-state index contributed by atoms with van der Waals surface area (Å²) in [6.07, 6.45) is -4.35. The highest BCUT2D eigenvalue weighted by Gasteiger charge is 2.39. The van der Waals surface area contributed by atoms with Gasteiger partial charge in [0.15, 0.2) is 0 Å². The maximum Gasteiger partial charge on any atom is 0.417 e. The molecule has 0 bridgehead atoms. The number of fused-ring (bicyclic) bond motifs is 1. The zero-order valence-electron chi connectivity index (χ0n) is 13.1. The second kappa shape index (κ2) is 6.43. The second-order valence-electron chi connectivity index (χ2n) is 5.69. The number of sulfonamides is 1. The molecule has 1 aromatic carbocycles. The van der Waals surface area contributed by atoms with E-state index in [9.17, 15) is 21.6 Å². The van der Waals surface area contributed by atoms with Gasteiger partial charge in [0.2, 0.25) is 10.0 Å². The highest BCUT2D eigenvalue weighted by molar-refractivity contribution is 7.89. The number of aromatic nitrogens is 2. The van der Waals surface area contributed by atoms with Crippen LogP contribution in [0, 0.1) is 0 Å². The van der Waals surface area contributed by atoms with Gasteiger partial charge < -0.3 is 5.11 Å². The van der Waals surface area contributed by atoms with Crippen LogP contribution < -0.4 is 0 Å². The van der Waals surface area contributed by atoms with Gasteiger partial charge in [0, 0.05) is 13.1 Å². The number of alkyl halides is 3. The summed E-state index contributed by atoms with van der Waals surface area (Å²) in [4.78, 5) is -0.752. The van der Waals surface area contributed by atoms with Crippen molar-refractivity contribution in [1.29, 1.82) is 0 Å². The lowest BCUT2D eigenvalue weighted by Gasteiger charge is -2.22. The van der Waals surface area contributed by atoms with Crippen molar-refractivity contribution >= 4 is 10.0 Å². The number of hydrogen-bond donors (Lipinski definition) is 1. The van der Waals surface area contributed by atoms with Gasteiger partial charge in [-0.2, -0.15) is 22.6 Å². The van der Waals surface area contributed by atoms with Gasteiger partial charge >= 0.3 is 6.18 Å². The van der Waals surface area contributed by atoms with Gasteiger partial charge in [-0.05, 0) is 24.6 Å². The lowest BCUT2D eigenvalue weighted by molar-refractivity contribution is -0.139. The quantitative estimate of drug-likeness (QED) is 0.890. The number of aliphatic hydroxyl groups excluding tert-OH is 1. The fourth-order valence-electron chi connectivity index (χ4n) is 2.84. The zero-order chi connectivity index (χ0) is 18.2. The average molecular weight is 375 g/mol. The summed E-state index contributed by atoms with van der Waals surface area (Å²) in [5, 5.41) is 13.3. The van der Waals surface area contributed by atoms with Gasteiger partial charge in [-0.15, -0.1) is 0 Å². The molecule has 0 radical (unpaired) electrons. The van der Waals surface area contributed by atoms with Gasteiger partial charge in [0.05, 0.1) is 35.0 Å². The van der Waals surface area contributed by atoms with Crippen LogP contribution in [0.1, 0.15) is 23.4 Å². The molecule has 0 fully saturated rings. The molecule has 136 valence electrons. The smallest absolute Gasteiger partial charge is 0.390 e. The zero-order valence-corrected chi connectivity index (χ0v) is 13.9. The van der Waals surface area contributed by atoms with Crippen molar-refractivity contribution in [2.24, 2.45) is 0 Å². The summed E-state index contributed by atoms with van der Waals surface area (Å²) in [7, 11) is -4.33. The first-order chi connectivity index (χ1) is 11.7. The third-order valence-electron chi connectivity index (χ3n) is 4.00. The minimum Gasteiger partial charge on any atom is -0.390 e. The van der Waals surface area contributed by atoms with E-state index in [2.05, 4.69) is 5.10 Å². The van der Waals surface area contributed by atoms with Crippen LogP contribution in [-0.2, 0) is 35.9 Å². The molecule has 0 atom stereocenters. The van der Waals surface area contributed by atoms with Crippen LogP contribution in [0.4, 0.5) is 13.2 Å². The van der Waals surface area contributed by atoms with E-state index >= 15 is 0 Å². The predicted molar refractivity (Wildman–Crippen MR) is 81.8 cm³/mol. The molecular weight excluding hydrogens is 359 g/mol. The maximum absolute atomic E-state index is 13.2. The molecule has 0 aliphatic carbocycles. The lowest BCUT2D eigenvalue weighted by atomic mass is 10.2. The Labute approximate surface area is 142 Å². The number of halogens is 3. The second-order valence-corrected chi connectivity index (χ2v) is 7.60. The molecule has 0 spiro atoms. The first kappa shape index (κ1) is 17.9. The Bertz CT molecular complexity index is 878. The summed E-state index contributed by atoms with van der Waals surface area (Å²) >= 11 is 0. The van der Waals surface area contributed by atoms with E-state index in [1.807, 2.05) is 0 Å². The van der Waals surface area contributed by atoms with E-state index in [0.717, 1.165) is 22.5 Å². The van der Waals surface area contributed by atoms with Crippen molar-refractivity contribution in [2.75, 3.05) is 6.54 Å². The molecule has 1 N–H and O–H groups in total. The van der Waals surface area contributed by atoms with Crippen molar-refractivity contribution in [3.8, 4) is 0 Å². The number of rotatable bonds is 3. The Morgan fingerprint density at radius 2 is 1.92 bits per heavy atom. The Kier molecular flexibility index (Phi) is 4.60. The van der Waals surface area contributed by atoms with Crippen molar-refractivity contribution in [3.05, 3.63) is 47.3 Å². The Hall–Kier alpha value is -1.91. The van der Waals surface area contributed by atoms with Crippen LogP contribution in [-0.4, -0.2) is 34.2 Å². The van der Waals surface area contributed by atoms with Crippen LogP contribution in [0.5, 0.6) is 0 Å². The molecule has 0 saturated carbocycles. The molecule has 1 aromatic heterocycles. The Morgan fingerprint density at radius 1 is 1.20 bits per heavy atom. The van der Waals surface area contributed by atoms with Gasteiger partial charge in [0.1, 0.15) is 0 Å². The van der Waals surface area contributed by atoms with Crippen LogP contribution >= 0.6 is 0 Å². The van der Waals surface area contributed by atoms with E-state index in [0.29, 0.717) is 24.4 Å². The van der Waals surface area contributed by atoms with Gasteiger partial charge in [-0.25, -0.2) is 8.42 Å². The molecule has 2 heterocycles. The fraction of sp³-hybridized carbons (Fsp3) is 0.400. The van der Waals surface area contributed by atoms with E-state index in [1.54, 1.807) is 10.7 Å². The minimum atomic E-state index is -4.76. The molecule has 10 heteroatoms. The molecule has 0 amide bonds. The van der Waals surface area contributed by atoms with Crippen molar-refractivity contribution in [2.45, 2.75) is 37.2 Å². The highest BCUT2D eigenvalue weighted by atomic mass is 32.2. The molecule has 1 aliphatic rings. The molecule has 1 aliphatic heterocycles. The maximum atomic E-state index is 13.2. The van der Waals surface area contributed by atoms with E-state index in [-0.39, 0.29) is 19.7 Å². The standard InChI is InChI=1S/C15H16F3N3O3S/c16-15(17,18)13-4-1-2-5-14(13)25(23,24)20-6-3-7-21-12(9-20)8-11(10-22)19-21/h1-2,4-5,8,22H,3,6-7,9-10H2. The van der Waals surface area contributed by atoms with Crippen LogP contribution in [0.2, 0.25) is 0 Å². The average Bonchev–Trinajstić information content (AvgIpc) is 2.84. The Balaban J connectivity index is 2.01. The van der Waals surface area contributed by atoms with E-state index in [1.165, 1.54) is 6.07 Å². The van der Waals surface area contributed by atoms with Crippen molar-refractivity contribution in [3.63, 3.8) is 0 Å². The van der Waals surface area contributed by atoms with Crippen LogP contribution in [0.3, 0.4) is 0 Å². The summed E-state index contributed by atoms with van der Waals surface area (Å²) in [5.74, 6) is 0. The molecule has 0 unspecified atom stereocenters. The summed E-state index contributed by atoms with van der Waals surface area (Å²) < 4.78 is 67.9. The summed E-state index contributed by atoms with van der Waals surface area (Å²) in [6.45, 7) is 0.139. The van der Waals surface area contributed by atoms with E-state index < -0.39 is 26.7 Å². The molecular formula is C15H16F3N3O3S. The number of aryl methyl sites for hydroxylation is 1. The topological polar surface area (TPSA) is 75.4 Å². The normalized spacial score (nSPS) is 16.5. The largest absolute Gasteiger partial charge is 0.417 e. The number of aliphatic hydroxyl groups is 1. The van der Waals surface area contributed by atoms with Gasteiger partial charge in [-0.1, -0.05) is 12.1 Å². The van der Waals surface area contributed by atoms with Crippen molar-refractivity contribution in [1.82, 2.24) is 14.1 Å². The summed E-state index contributed by atoms with van der Waals surface area (Å²) in [6, 6.07) is 5.72. The highest BCUT2D eigenvalue weighted by Crippen LogP contribution is 2.35. The van der Waals surface area contributed by atoms with Gasteiger partial charge in [0.25, 0.3) is 0 Å². The number of hydrogen-bond acceptors (Lipinski definition) is 4. The van der Waals surface area contributed by atoms with E-state index in [4.69, 9.17) is 5.11 Å². The van der Waals surface area contributed by atoms with Crippen LogP contribution in [0.15, 0.2) is 35.2 Å². The SMILES string of the molecule is O=S(=O)(c1ccccc1C(F)(F)F)N1CCCn2nc(CO)cc2C1. The van der Waals surface area contributed by atoms with Gasteiger partial charge in [-0.3, -0.25) is 4.68 Å². The fourth-order valence-corrected chi connectivity index (χ4v) is 4.50. The number of nitrogens with zero attached hydrogens (tertiary/aromatic N) is 3. The molecule has 25 heavy (non-hydrogen) atoms. The molecule has 0 saturated heterocycles. The predicted octanol–water partition coefficient (Wildman–Crippen LogP) is 1.99. The monoisotopic (exact) mass is 375 g/mol. The third-order valence-corrected chi connectivity index (χ3v) is 5.91. The first-order valence-corrected chi connectivity index (χ1v) is 9.00. The minimum absolute atomic E-state index is 0.0896. The summed E-state index contributed by atoms with van der Waals surface area (Å²) in [5.41, 5.74) is -0.247. The van der Waals surface area contributed by atoms with Crippen molar-refractivity contribution < 1.29 is 26.7 Å². The van der Waals surface area contributed by atoms with Crippen LogP contribution in [0.25, 0.3) is 0 Å². The molecule has 2 aromatic rings. The third kappa shape index (κ3) is 3.42.